The molecular weight excluding hydrogens is 246 g/mol. The quantitative estimate of drug-likeness (QED) is 0.630. The normalized spacial score (nSPS) is 11.3. The fourth-order valence-corrected chi connectivity index (χ4v) is 2.34. The molecule has 0 N–H and O–H groups in total. The number of benzene rings is 1. The number of hydrogen-bond donors (Lipinski definition) is 0. The summed E-state index contributed by atoms with van der Waals surface area (Å²) in [4.78, 5) is 13.6. The third kappa shape index (κ3) is 6.85. The number of carbonyl (C=O) groups excluding carboxylic acids is 1. The van der Waals surface area contributed by atoms with E-state index in [2.05, 4.69) is 37.9 Å². The van der Waals surface area contributed by atoms with Gasteiger partial charge in [-0.05, 0) is 64.2 Å². The number of Topliss-reactive ketones (excluding diaryl/α,β-unsaturated/α-hetero) is 1. The van der Waals surface area contributed by atoms with E-state index in [0.717, 1.165) is 24.4 Å². The van der Waals surface area contributed by atoms with Gasteiger partial charge in [-0.3, -0.25) is 4.79 Å². The van der Waals surface area contributed by atoms with Gasteiger partial charge in [-0.1, -0.05) is 38.1 Å². The van der Waals surface area contributed by atoms with Crippen molar-refractivity contribution < 1.29 is 4.79 Å². The molecule has 0 heterocycles. The first-order valence-electron chi connectivity index (χ1n) is 7.77. The van der Waals surface area contributed by atoms with Crippen LogP contribution >= 0.6 is 0 Å². The minimum absolute atomic E-state index is 0.140. The fourth-order valence-electron chi connectivity index (χ4n) is 2.34. The Labute approximate surface area is 124 Å². The van der Waals surface area contributed by atoms with Crippen molar-refractivity contribution in [2.24, 2.45) is 5.92 Å². The predicted octanol–water partition coefficient (Wildman–Crippen LogP) is 4.19. The van der Waals surface area contributed by atoms with E-state index in [1.165, 1.54) is 31.4 Å². The van der Waals surface area contributed by atoms with Crippen molar-refractivity contribution in [3.8, 4) is 0 Å². The predicted molar refractivity (Wildman–Crippen MR) is 86.3 cm³/mol. The van der Waals surface area contributed by atoms with Crippen LogP contribution in [0.5, 0.6) is 0 Å². The molecule has 0 saturated heterocycles. The zero-order valence-corrected chi connectivity index (χ0v) is 13.5. The van der Waals surface area contributed by atoms with Crippen molar-refractivity contribution in [3.63, 3.8) is 0 Å². The lowest BCUT2D eigenvalue weighted by atomic mass is 10.1. The van der Waals surface area contributed by atoms with Gasteiger partial charge in [-0.25, -0.2) is 0 Å². The van der Waals surface area contributed by atoms with E-state index in [0.29, 0.717) is 0 Å². The lowest BCUT2D eigenvalue weighted by molar-refractivity contribution is 0.101. The lowest BCUT2D eigenvalue weighted by Crippen LogP contribution is -2.21. The number of hydrogen-bond acceptors (Lipinski definition) is 2. The van der Waals surface area contributed by atoms with E-state index in [9.17, 15) is 4.79 Å². The largest absolute Gasteiger partial charge is 0.306 e. The highest BCUT2D eigenvalue weighted by Gasteiger charge is 2.02. The summed E-state index contributed by atoms with van der Waals surface area (Å²) in [5.41, 5.74) is 2.13. The molecule has 0 saturated carbocycles. The van der Waals surface area contributed by atoms with Crippen LogP contribution in [0.4, 0.5) is 0 Å². The highest BCUT2D eigenvalue weighted by molar-refractivity contribution is 5.93. The molecular formula is C18H29NO. The van der Waals surface area contributed by atoms with Crippen LogP contribution in [0.25, 0.3) is 0 Å². The molecule has 0 aliphatic carbocycles. The van der Waals surface area contributed by atoms with Crippen LogP contribution in [0.2, 0.25) is 0 Å². The molecule has 0 unspecified atom stereocenters. The summed E-state index contributed by atoms with van der Waals surface area (Å²) in [6.45, 7) is 8.52. The Morgan fingerprint density at radius 3 is 2.25 bits per heavy atom. The van der Waals surface area contributed by atoms with Crippen molar-refractivity contribution in [2.75, 3.05) is 20.1 Å². The van der Waals surface area contributed by atoms with Crippen LogP contribution < -0.4 is 0 Å². The van der Waals surface area contributed by atoms with Crippen molar-refractivity contribution in [1.29, 1.82) is 0 Å². The Hall–Kier alpha value is -1.15. The summed E-state index contributed by atoms with van der Waals surface area (Å²) in [6, 6.07) is 8.03. The summed E-state index contributed by atoms with van der Waals surface area (Å²) in [5.74, 6) is 0.949. The zero-order chi connectivity index (χ0) is 15.0. The summed E-state index contributed by atoms with van der Waals surface area (Å²) in [6.07, 6.45) is 4.88. The first kappa shape index (κ1) is 16.9. The van der Waals surface area contributed by atoms with E-state index < -0.39 is 0 Å². The van der Waals surface area contributed by atoms with E-state index >= 15 is 0 Å². The highest BCUT2D eigenvalue weighted by atomic mass is 16.1. The Kier molecular flexibility index (Phi) is 7.53. The number of carbonyl (C=O) groups is 1. The van der Waals surface area contributed by atoms with Crippen LogP contribution in [0.15, 0.2) is 24.3 Å². The molecule has 112 valence electrons. The van der Waals surface area contributed by atoms with Crippen LogP contribution in [-0.4, -0.2) is 30.8 Å². The maximum atomic E-state index is 11.2. The minimum atomic E-state index is 0.140. The average molecular weight is 275 g/mol. The first-order chi connectivity index (χ1) is 9.49. The van der Waals surface area contributed by atoms with Crippen molar-refractivity contribution in [3.05, 3.63) is 35.4 Å². The van der Waals surface area contributed by atoms with Crippen LogP contribution in [0, 0.1) is 5.92 Å². The van der Waals surface area contributed by atoms with Gasteiger partial charge in [0.25, 0.3) is 0 Å². The van der Waals surface area contributed by atoms with Gasteiger partial charge in [0, 0.05) is 5.56 Å². The summed E-state index contributed by atoms with van der Waals surface area (Å²) < 4.78 is 0. The first-order valence-corrected chi connectivity index (χ1v) is 7.77. The van der Waals surface area contributed by atoms with Crippen molar-refractivity contribution in [1.82, 2.24) is 4.90 Å². The minimum Gasteiger partial charge on any atom is -0.306 e. The van der Waals surface area contributed by atoms with Crippen molar-refractivity contribution in [2.45, 2.75) is 46.5 Å². The van der Waals surface area contributed by atoms with Gasteiger partial charge >= 0.3 is 0 Å². The molecule has 0 fully saturated rings. The molecule has 1 aromatic rings. The van der Waals surface area contributed by atoms with E-state index in [1.54, 1.807) is 6.92 Å². The van der Waals surface area contributed by atoms with Gasteiger partial charge in [-0.2, -0.15) is 0 Å². The summed E-state index contributed by atoms with van der Waals surface area (Å²) in [7, 11) is 2.21. The molecule has 2 heteroatoms. The van der Waals surface area contributed by atoms with Gasteiger partial charge in [0.2, 0.25) is 0 Å². The van der Waals surface area contributed by atoms with Gasteiger partial charge in [0.15, 0.2) is 5.78 Å². The number of ketones is 1. The standard InChI is InChI=1S/C18H29NO/c1-15(2)7-5-13-19(4)14-6-8-17-9-11-18(12-10-17)16(3)20/h9-12,15H,5-8,13-14H2,1-4H3. The molecule has 0 atom stereocenters. The molecule has 1 rings (SSSR count). The second-order valence-corrected chi connectivity index (χ2v) is 6.20. The van der Waals surface area contributed by atoms with Gasteiger partial charge in [0.05, 0.1) is 0 Å². The average Bonchev–Trinajstić information content (AvgIpc) is 2.39. The number of rotatable bonds is 9. The number of nitrogens with zero attached hydrogens (tertiary/aromatic N) is 1. The van der Waals surface area contributed by atoms with Crippen molar-refractivity contribution >= 4 is 5.78 Å². The Morgan fingerprint density at radius 2 is 1.70 bits per heavy atom. The van der Waals surface area contributed by atoms with E-state index in [4.69, 9.17) is 0 Å². The molecule has 0 aliphatic heterocycles. The third-order valence-electron chi connectivity index (χ3n) is 3.69. The lowest BCUT2D eigenvalue weighted by Gasteiger charge is -2.17. The molecule has 0 bridgehead atoms. The van der Waals surface area contributed by atoms with Gasteiger partial charge in [-0.15, -0.1) is 0 Å². The topological polar surface area (TPSA) is 20.3 Å². The van der Waals surface area contributed by atoms with Crippen LogP contribution in [-0.2, 0) is 6.42 Å². The molecule has 0 aliphatic rings. The van der Waals surface area contributed by atoms with Gasteiger partial charge in [0.1, 0.15) is 0 Å². The van der Waals surface area contributed by atoms with Crippen LogP contribution in [0.1, 0.15) is 56.0 Å². The SMILES string of the molecule is CC(=O)c1ccc(CCCN(C)CCCC(C)C)cc1. The second kappa shape index (κ2) is 8.91. The third-order valence-corrected chi connectivity index (χ3v) is 3.69. The second-order valence-electron chi connectivity index (χ2n) is 6.20. The molecule has 0 amide bonds. The maximum absolute atomic E-state index is 11.2. The summed E-state index contributed by atoms with van der Waals surface area (Å²) >= 11 is 0. The maximum Gasteiger partial charge on any atom is 0.159 e. The Morgan fingerprint density at radius 1 is 1.10 bits per heavy atom. The Bertz CT molecular complexity index is 394. The molecule has 0 spiro atoms. The molecule has 2 nitrogen and oxygen atoms in total. The van der Waals surface area contributed by atoms with Crippen LogP contribution in [0.3, 0.4) is 0 Å². The fraction of sp³-hybridized carbons (Fsp3) is 0.611. The molecule has 0 radical (unpaired) electrons. The van der Waals surface area contributed by atoms with E-state index in [-0.39, 0.29) is 5.78 Å². The molecule has 1 aromatic carbocycles. The summed E-state index contributed by atoms with van der Waals surface area (Å²) in [5, 5.41) is 0. The molecule has 0 aromatic heterocycles. The zero-order valence-electron chi connectivity index (χ0n) is 13.5. The number of aryl methyl sites for hydroxylation is 1. The highest BCUT2D eigenvalue weighted by Crippen LogP contribution is 2.08. The smallest absolute Gasteiger partial charge is 0.159 e. The van der Waals surface area contributed by atoms with E-state index in [1.807, 2.05) is 12.1 Å². The Balaban J connectivity index is 2.21. The molecule has 20 heavy (non-hydrogen) atoms. The van der Waals surface area contributed by atoms with Gasteiger partial charge < -0.3 is 4.90 Å². The monoisotopic (exact) mass is 275 g/mol.